The van der Waals surface area contributed by atoms with Gasteiger partial charge in [0.2, 0.25) is 6.08 Å². The van der Waals surface area contributed by atoms with Gasteiger partial charge in [-0.1, -0.05) is 6.07 Å². The van der Waals surface area contributed by atoms with Crippen LogP contribution in [0.1, 0.15) is 24.8 Å². The third-order valence-electron chi connectivity index (χ3n) is 3.28. The Hall–Kier alpha value is -1.52. The summed E-state index contributed by atoms with van der Waals surface area (Å²) in [5.41, 5.74) is -1.05. The van der Waals surface area contributed by atoms with Crippen LogP contribution >= 0.6 is 0 Å². The number of hydrogen-bond donors (Lipinski definition) is 0. The van der Waals surface area contributed by atoms with Gasteiger partial charge in [-0.15, -0.1) is 0 Å². The van der Waals surface area contributed by atoms with E-state index in [-0.39, 0.29) is 10.5 Å². The molecule has 96 valence electrons. The zero-order valence-corrected chi connectivity index (χ0v) is 10.6. The van der Waals surface area contributed by atoms with E-state index in [1.54, 1.807) is 0 Å². The van der Waals surface area contributed by atoms with Crippen LogP contribution in [0.3, 0.4) is 0 Å². The minimum atomic E-state index is -3.56. The van der Waals surface area contributed by atoms with Crippen LogP contribution in [0, 0.1) is 5.82 Å². The molecule has 0 heterocycles. The summed E-state index contributed by atoms with van der Waals surface area (Å²) in [6, 6.07) is 3.87. The molecule has 0 aromatic heterocycles. The van der Waals surface area contributed by atoms with Gasteiger partial charge in [0.15, 0.2) is 9.84 Å². The fraction of sp³-hybridized carbons (Fsp3) is 0.417. The van der Waals surface area contributed by atoms with E-state index < -0.39 is 21.2 Å². The molecule has 1 fully saturated rings. The maximum atomic E-state index is 14.0. The van der Waals surface area contributed by atoms with Crippen LogP contribution < -0.4 is 0 Å². The molecule has 0 unspecified atom stereocenters. The van der Waals surface area contributed by atoms with Gasteiger partial charge in [-0.05, 0) is 31.4 Å². The first-order chi connectivity index (χ1) is 8.41. The largest absolute Gasteiger partial charge is 0.235 e. The number of carbonyl (C=O) groups excluding carboxylic acids is 1. The van der Waals surface area contributed by atoms with Gasteiger partial charge in [0.1, 0.15) is 11.4 Å². The van der Waals surface area contributed by atoms with E-state index in [0.717, 1.165) is 12.7 Å². The molecule has 0 bridgehead atoms. The van der Waals surface area contributed by atoms with Crippen LogP contribution in [0.15, 0.2) is 28.1 Å². The van der Waals surface area contributed by atoms with E-state index in [1.165, 1.54) is 24.3 Å². The topological polar surface area (TPSA) is 63.6 Å². The number of benzene rings is 1. The molecule has 0 spiro atoms. The lowest BCUT2D eigenvalue weighted by Gasteiger charge is -2.38. The molecule has 1 saturated carbocycles. The van der Waals surface area contributed by atoms with Gasteiger partial charge < -0.3 is 0 Å². The summed E-state index contributed by atoms with van der Waals surface area (Å²) in [6.07, 6.45) is 4.15. The number of hydrogen-bond acceptors (Lipinski definition) is 4. The number of nitrogens with zero attached hydrogens (tertiary/aromatic N) is 1. The Kier molecular flexibility index (Phi) is 3.09. The quantitative estimate of drug-likeness (QED) is 0.622. The summed E-state index contributed by atoms with van der Waals surface area (Å²) in [6.45, 7) is 0. The molecule has 2 rings (SSSR count). The molecule has 0 N–H and O–H groups in total. The highest BCUT2D eigenvalue weighted by atomic mass is 32.2. The lowest BCUT2D eigenvalue weighted by molar-refractivity contribution is 0.242. The number of aliphatic imine (C=N–C) groups is 1. The van der Waals surface area contributed by atoms with Gasteiger partial charge in [0.05, 0.1) is 4.90 Å². The van der Waals surface area contributed by atoms with Crippen molar-refractivity contribution in [3.8, 4) is 0 Å². The summed E-state index contributed by atoms with van der Waals surface area (Å²) in [5, 5.41) is 0. The van der Waals surface area contributed by atoms with Crippen LogP contribution in [0.2, 0.25) is 0 Å². The summed E-state index contributed by atoms with van der Waals surface area (Å²) in [5.74, 6) is -0.642. The van der Waals surface area contributed by atoms with Crippen molar-refractivity contribution >= 4 is 15.9 Å². The highest BCUT2D eigenvalue weighted by Gasteiger charge is 2.43. The molecule has 1 aromatic carbocycles. The average molecular weight is 269 g/mol. The monoisotopic (exact) mass is 269 g/mol. The minimum Gasteiger partial charge on any atom is -0.224 e. The van der Waals surface area contributed by atoms with Crippen molar-refractivity contribution in [2.45, 2.75) is 29.7 Å². The third-order valence-corrected chi connectivity index (χ3v) is 4.42. The maximum Gasteiger partial charge on any atom is 0.235 e. The smallest absolute Gasteiger partial charge is 0.224 e. The predicted molar refractivity (Wildman–Crippen MR) is 63.2 cm³/mol. The minimum absolute atomic E-state index is 0.00194. The second-order valence-corrected chi connectivity index (χ2v) is 6.46. The van der Waals surface area contributed by atoms with Crippen LogP contribution in [0.5, 0.6) is 0 Å². The van der Waals surface area contributed by atoms with Crippen molar-refractivity contribution in [3.05, 3.63) is 29.6 Å². The second kappa shape index (κ2) is 4.30. The first-order valence-corrected chi connectivity index (χ1v) is 7.38. The van der Waals surface area contributed by atoms with Gasteiger partial charge in [0, 0.05) is 11.8 Å². The third kappa shape index (κ3) is 1.98. The zero-order valence-electron chi connectivity index (χ0n) is 9.81. The Labute approximate surface area is 104 Å². The standard InChI is InChI=1S/C12H12FNO3S/c1-18(16,17)10-5-2-4-9(13)11(10)12(14-8-15)6-3-7-12/h2,4-5H,3,6-7H2,1H3. The Morgan fingerprint density at radius 2 is 2.06 bits per heavy atom. The molecular weight excluding hydrogens is 257 g/mol. The summed E-state index contributed by atoms with van der Waals surface area (Å²) in [4.78, 5) is 14.1. The molecule has 1 aromatic rings. The lowest BCUT2D eigenvalue weighted by Crippen LogP contribution is -2.34. The van der Waals surface area contributed by atoms with Crippen molar-refractivity contribution < 1.29 is 17.6 Å². The Morgan fingerprint density at radius 3 is 2.50 bits per heavy atom. The predicted octanol–water partition coefficient (Wildman–Crippen LogP) is 1.94. The second-order valence-electron chi connectivity index (χ2n) is 4.47. The van der Waals surface area contributed by atoms with Crippen LogP contribution in [0.25, 0.3) is 0 Å². The summed E-state index contributed by atoms with van der Waals surface area (Å²) >= 11 is 0. The van der Waals surface area contributed by atoms with Gasteiger partial charge in [-0.25, -0.2) is 17.6 Å². The maximum absolute atomic E-state index is 14.0. The first-order valence-electron chi connectivity index (χ1n) is 5.49. The molecule has 0 saturated heterocycles. The molecule has 0 amide bonds. The van der Waals surface area contributed by atoms with Crippen molar-refractivity contribution in [1.29, 1.82) is 0 Å². The van der Waals surface area contributed by atoms with Crippen molar-refractivity contribution in [3.63, 3.8) is 0 Å². The molecule has 18 heavy (non-hydrogen) atoms. The SMILES string of the molecule is CS(=O)(=O)c1cccc(F)c1C1(N=C=O)CCC1. The van der Waals surface area contributed by atoms with Crippen LogP contribution in [-0.4, -0.2) is 20.8 Å². The van der Waals surface area contributed by atoms with E-state index in [2.05, 4.69) is 4.99 Å². The van der Waals surface area contributed by atoms with Crippen LogP contribution in [-0.2, 0) is 20.2 Å². The normalized spacial score (nSPS) is 17.7. The lowest BCUT2D eigenvalue weighted by atomic mass is 9.72. The highest BCUT2D eigenvalue weighted by molar-refractivity contribution is 7.90. The van der Waals surface area contributed by atoms with E-state index in [4.69, 9.17) is 0 Å². The summed E-state index contributed by atoms with van der Waals surface area (Å²) < 4.78 is 37.3. The van der Waals surface area contributed by atoms with E-state index >= 15 is 0 Å². The fourth-order valence-electron chi connectivity index (χ4n) is 2.28. The summed E-state index contributed by atoms with van der Waals surface area (Å²) in [7, 11) is -3.56. The molecule has 6 heteroatoms. The molecular formula is C12H12FNO3S. The number of rotatable bonds is 3. The zero-order chi connectivity index (χ0) is 13.4. The first kappa shape index (κ1) is 12.9. The number of isocyanates is 1. The highest BCUT2D eigenvalue weighted by Crippen LogP contribution is 2.47. The molecule has 0 aliphatic heterocycles. The van der Waals surface area contributed by atoms with Crippen LogP contribution in [0.4, 0.5) is 4.39 Å². The molecule has 4 nitrogen and oxygen atoms in total. The van der Waals surface area contributed by atoms with E-state index in [1.807, 2.05) is 0 Å². The molecule has 1 aliphatic rings. The Bertz CT molecular complexity index is 629. The van der Waals surface area contributed by atoms with Crippen molar-refractivity contribution in [1.82, 2.24) is 0 Å². The van der Waals surface area contributed by atoms with Gasteiger partial charge >= 0.3 is 0 Å². The van der Waals surface area contributed by atoms with Crippen molar-refractivity contribution in [2.24, 2.45) is 4.99 Å². The Morgan fingerprint density at radius 1 is 1.39 bits per heavy atom. The molecule has 0 atom stereocenters. The van der Waals surface area contributed by atoms with Gasteiger partial charge in [-0.3, -0.25) is 0 Å². The van der Waals surface area contributed by atoms with E-state index in [0.29, 0.717) is 12.8 Å². The van der Waals surface area contributed by atoms with Gasteiger partial charge in [0.25, 0.3) is 0 Å². The number of sulfone groups is 1. The fourth-order valence-corrected chi connectivity index (χ4v) is 3.27. The van der Waals surface area contributed by atoms with Crippen molar-refractivity contribution in [2.75, 3.05) is 6.26 Å². The molecule has 0 radical (unpaired) electrons. The van der Waals surface area contributed by atoms with E-state index in [9.17, 15) is 17.6 Å². The number of halogens is 1. The van der Waals surface area contributed by atoms with Gasteiger partial charge in [-0.2, -0.15) is 4.99 Å². The average Bonchev–Trinajstić information content (AvgIpc) is 2.22. The molecule has 1 aliphatic carbocycles. The Balaban J connectivity index is 2.74.